The maximum atomic E-state index is 12.5. The summed E-state index contributed by atoms with van der Waals surface area (Å²) in [5.74, 6) is 0. The molecule has 0 aliphatic rings. The molecule has 0 saturated heterocycles. The third-order valence-electron chi connectivity index (χ3n) is 2.72. The van der Waals surface area contributed by atoms with Crippen LogP contribution < -0.4 is 10.0 Å². The smallest absolute Gasteiger partial charge is 0.263 e. The Morgan fingerprint density at radius 1 is 1.19 bits per heavy atom. The second-order valence-corrected chi connectivity index (χ2v) is 7.17. The molecule has 0 radical (unpaired) electrons. The Morgan fingerprint density at radius 2 is 1.90 bits per heavy atom. The van der Waals surface area contributed by atoms with E-state index in [9.17, 15) is 8.42 Å². The second kappa shape index (κ2) is 6.68. The summed E-state index contributed by atoms with van der Waals surface area (Å²) in [4.78, 5) is 0.206. The minimum atomic E-state index is -3.67. The van der Waals surface area contributed by atoms with Crippen molar-refractivity contribution < 1.29 is 8.42 Å². The van der Waals surface area contributed by atoms with Crippen molar-refractivity contribution in [3.63, 3.8) is 0 Å². The molecule has 2 aromatic carbocycles. The Hall–Kier alpha value is -1.24. The molecular formula is C14H14BrClN2O2S. The summed E-state index contributed by atoms with van der Waals surface area (Å²) in [6.45, 7) is 2.55. The summed E-state index contributed by atoms with van der Waals surface area (Å²) in [7, 11) is -3.67. The van der Waals surface area contributed by atoms with Gasteiger partial charge in [0.2, 0.25) is 0 Å². The lowest BCUT2D eigenvalue weighted by molar-refractivity contribution is 0.601. The highest BCUT2D eigenvalue weighted by Gasteiger charge is 2.18. The quantitative estimate of drug-likeness (QED) is 0.800. The number of hydrogen-bond acceptors (Lipinski definition) is 3. The van der Waals surface area contributed by atoms with E-state index in [1.165, 1.54) is 0 Å². The second-order valence-electron chi connectivity index (χ2n) is 4.26. The van der Waals surface area contributed by atoms with Gasteiger partial charge in [0, 0.05) is 11.0 Å². The lowest BCUT2D eigenvalue weighted by Gasteiger charge is -2.13. The van der Waals surface area contributed by atoms with Crippen LogP contribution in [0.2, 0.25) is 5.02 Å². The van der Waals surface area contributed by atoms with Crippen LogP contribution in [0, 0.1) is 0 Å². The van der Waals surface area contributed by atoms with Gasteiger partial charge in [0.25, 0.3) is 10.0 Å². The monoisotopic (exact) mass is 388 g/mol. The van der Waals surface area contributed by atoms with Crippen molar-refractivity contribution >= 4 is 48.9 Å². The number of rotatable bonds is 5. The predicted octanol–water partition coefficient (Wildman–Crippen LogP) is 4.34. The van der Waals surface area contributed by atoms with Gasteiger partial charge in [-0.2, -0.15) is 0 Å². The van der Waals surface area contributed by atoms with Crippen LogP contribution in [0.1, 0.15) is 6.92 Å². The van der Waals surface area contributed by atoms with E-state index < -0.39 is 10.0 Å². The standard InChI is InChI=1S/C14H14BrClN2O2S/c1-2-17-13-5-3-4-6-14(13)21(19,20)18-10-7-8-12(16)11(15)9-10/h3-9,17-18H,2H2,1H3. The highest BCUT2D eigenvalue weighted by Crippen LogP contribution is 2.28. The lowest BCUT2D eigenvalue weighted by Crippen LogP contribution is -2.15. The van der Waals surface area contributed by atoms with Crippen LogP contribution in [0.5, 0.6) is 0 Å². The molecule has 0 aromatic heterocycles. The molecule has 0 amide bonds. The first-order chi connectivity index (χ1) is 9.94. The summed E-state index contributed by atoms with van der Waals surface area (Å²) in [5.41, 5.74) is 1.01. The van der Waals surface area contributed by atoms with E-state index in [1.54, 1.807) is 42.5 Å². The van der Waals surface area contributed by atoms with Crippen LogP contribution in [0.3, 0.4) is 0 Å². The average Bonchev–Trinajstić information content (AvgIpc) is 2.43. The first-order valence-corrected chi connectivity index (χ1v) is 8.90. The molecule has 0 saturated carbocycles. The molecular weight excluding hydrogens is 376 g/mol. The normalized spacial score (nSPS) is 11.2. The molecule has 0 unspecified atom stereocenters. The van der Waals surface area contributed by atoms with Crippen molar-refractivity contribution in [3.8, 4) is 0 Å². The molecule has 2 N–H and O–H groups in total. The number of nitrogens with one attached hydrogen (secondary N) is 2. The van der Waals surface area contributed by atoms with E-state index in [-0.39, 0.29) is 4.90 Å². The molecule has 2 rings (SSSR count). The Labute approximate surface area is 137 Å². The molecule has 7 heteroatoms. The SMILES string of the molecule is CCNc1ccccc1S(=O)(=O)Nc1ccc(Cl)c(Br)c1. The number of sulfonamides is 1. The number of halogens is 2. The van der Waals surface area contributed by atoms with Gasteiger partial charge in [-0.1, -0.05) is 23.7 Å². The topological polar surface area (TPSA) is 58.2 Å². The lowest BCUT2D eigenvalue weighted by atomic mass is 10.3. The van der Waals surface area contributed by atoms with Gasteiger partial charge < -0.3 is 5.32 Å². The largest absolute Gasteiger partial charge is 0.384 e. The van der Waals surface area contributed by atoms with Crippen LogP contribution in [-0.2, 0) is 10.0 Å². The molecule has 0 fully saturated rings. The molecule has 0 atom stereocenters. The highest BCUT2D eigenvalue weighted by molar-refractivity contribution is 9.10. The number of hydrogen-bond donors (Lipinski definition) is 2. The van der Waals surface area contributed by atoms with E-state index in [0.29, 0.717) is 27.4 Å². The zero-order chi connectivity index (χ0) is 15.5. The highest BCUT2D eigenvalue weighted by atomic mass is 79.9. The first-order valence-electron chi connectivity index (χ1n) is 6.25. The van der Waals surface area contributed by atoms with Crippen molar-refractivity contribution in [1.29, 1.82) is 0 Å². The van der Waals surface area contributed by atoms with Crippen LogP contribution in [0.4, 0.5) is 11.4 Å². The molecule has 0 bridgehead atoms. The zero-order valence-corrected chi connectivity index (χ0v) is 14.4. The summed E-state index contributed by atoms with van der Waals surface area (Å²) in [5, 5.41) is 3.56. The van der Waals surface area contributed by atoms with Crippen LogP contribution in [0.15, 0.2) is 51.8 Å². The fourth-order valence-corrected chi connectivity index (χ4v) is 3.54. The molecule has 0 spiro atoms. The Kier molecular flexibility index (Phi) is 5.13. The number of benzene rings is 2. The van der Waals surface area contributed by atoms with Gasteiger partial charge in [0.05, 0.1) is 16.4 Å². The Balaban J connectivity index is 2.36. The summed E-state index contributed by atoms with van der Waals surface area (Å²) in [6, 6.07) is 11.6. The molecule has 21 heavy (non-hydrogen) atoms. The van der Waals surface area contributed by atoms with Crippen molar-refractivity contribution in [2.45, 2.75) is 11.8 Å². The summed E-state index contributed by atoms with van der Waals surface area (Å²) >= 11 is 9.17. The fraction of sp³-hybridized carbons (Fsp3) is 0.143. The van der Waals surface area contributed by atoms with E-state index in [0.717, 1.165) is 0 Å². The minimum Gasteiger partial charge on any atom is -0.384 e. The Morgan fingerprint density at radius 3 is 2.57 bits per heavy atom. The van der Waals surface area contributed by atoms with Gasteiger partial charge in [-0.15, -0.1) is 0 Å². The van der Waals surface area contributed by atoms with Gasteiger partial charge >= 0.3 is 0 Å². The van der Waals surface area contributed by atoms with E-state index in [2.05, 4.69) is 26.0 Å². The van der Waals surface area contributed by atoms with Crippen molar-refractivity contribution in [2.75, 3.05) is 16.6 Å². The third-order valence-corrected chi connectivity index (χ3v) is 5.37. The summed E-state index contributed by atoms with van der Waals surface area (Å²) in [6.07, 6.45) is 0. The average molecular weight is 390 g/mol. The van der Waals surface area contributed by atoms with Crippen molar-refractivity contribution in [2.24, 2.45) is 0 Å². The summed E-state index contributed by atoms with van der Waals surface area (Å²) < 4.78 is 28.2. The Bertz CT molecular complexity index is 750. The van der Waals surface area contributed by atoms with Gasteiger partial charge in [-0.25, -0.2) is 8.42 Å². The predicted molar refractivity (Wildman–Crippen MR) is 90.6 cm³/mol. The molecule has 0 aliphatic heterocycles. The van der Waals surface area contributed by atoms with E-state index in [4.69, 9.17) is 11.6 Å². The molecule has 0 aliphatic carbocycles. The number of para-hydroxylation sites is 1. The van der Waals surface area contributed by atoms with Crippen LogP contribution >= 0.6 is 27.5 Å². The molecule has 4 nitrogen and oxygen atoms in total. The zero-order valence-electron chi connectivity index (χ0n) is 11.2. The fourth-order valence-electron chi connectivity index (χ4n) is 1.81. The van der Waals surface area contributed by atoms with E-state index in [1.807, 2.05) is 6.92 Å². The molecule has 0 heterocycles. The van der Waals surface area contributed by atoms with Gasteiger partial charge in [0.1, 0.15) is 4.90 Å². The number of anilines is 2. The van der Waals surface area contributed by atoms with E-state index >= 15 is 0 Å². The van der Waals surface area contributed by atoms with Crippen molar-refractivity contribution in [3.05, 3.63) is 52.0 Å². The third kappa shape index (κ3) is 3.90. The van der Waals surface area contributed by atoms with Crippen LogP contribution in [-0.4, -0.2) is 15.0 Å². The van der Waals surface area contributed by atoms with Gasteiger partial charge in [-0.05, 0) is 53.2 Å². The maximum absolute atomic E-state index is 12.5. The van der Waals surface area contributed by atoms with Gasteiger partial charge in [-0.3, -0.25) is 4.72 Å². The van der Waals surface area contributed by atoms with Gasteiger partial charge in [0.15, 0.2) is 0 Å². The van der Waals surface area contributed by atoms with Crippen molar-refractivity contribution in [1.82, 2.24) is 0 Å². The first kappa shape index (κ1) is 16.1. The minimum absolute atomic E-state index is 0.206. The molecule has 112 valence electrons. The maximum Gasteiger partial charge on any atom is 0.263 e. The van der Waals surface area contributed by atoms with Crippen LogP contribution in [0.25, 0.3) is 0 Å². The molecule has 2 aromatic rings.